The summed E-state index contributed by atoms with van der Waals surface area (Å²) < 4.78 is 17.1. The number of amides is 2. The molecule has 9 nitrogen and oxygen atoms in total. The van der Waals surface area contributed by atoms with Crippen LogP contribution in [0.25, 0.3) is 0 Å². The maximum absolute atomic E-state index is 13.7. The first-order valence-corrected chi connectivity index (χ1v) is 12.8. The second kappa shape index (κ2) is 9.72. The molecule has 0 radical (unpaired) electrons. The molecule has 1 saturated carbocycles. The second-order valence-corrected chi connectivity index (χ2v) is 9.96. The molecule has 2 aromatic carbocycles. The molecular weight excluding hydrogens is 476 g/mol. The van der Waals surface area contributed by atoms with E-state index in [0.29, 0.717) is 22.8 Å². The van der Waals surface area contributed by atoms with Gasteiger partial charge in [0.15, 0.2) is 11.5 Å². The summed E-state index contributed by atoms with van der Waals surface area (Å²) >= 11 is 0. The molecule has 0 bridgehead atoms. The van der Waals surface area contributed by atoms with Gasteiger partial charge in [-0.05, 0) is 42.7 Å². The Kier molecular flexibility index (Phi) is 6.26. The zero-order chi connectivity index (χ0) is 25.5. The largest absolute Gasteiger partial charge is 0.486 e. The molecule has 9 heteroatoms. The van der Waals surface area contributed by atoms with Crippen molar-refractivity contribution in [3.8, 4) is 17.2 Å². The Balaban J connectivity index is 1.38. The van der Waals surface area contributed by atoms with Gasteiger partial charge in [-0.15, -0.1) is 0 Å². The van der Waals surface area contributed by atoms with Crippen molar-refractivity contribution in [2.45, 2.75) is 50.0 Å². The number of hydrogen-bond acceptors (Lipinski definition) is 7. The van der Waals surface area contributed by atoms with E-state index in [1.165, 1.54) is 0 Å². The minimum atomic E-state index is -1.05. The fraction of sp³-hybridized carbons (Fsp3) is 0.429. The number of nitrogens with one attached hydrogen (secondary N) is 1. The number of rotatable bonds is 7. The number of benzene rings is 2. The summed E-state index contributed by atoms with van der Waals surface area (Å²) in [5.74, 6) is 0.903. The van der Waals surface area contributed by atoms with Gasteiger partial charge < -0.3 is 34.6 Å². The first-order valence-electron chi connectivity index (χ1n) is 12.8. The molecule has 4 unspecified atom stereocenters. The van der Waals surface area contributed by atoms with Crippen LogP contribution in [0.1, 0.15) is 36.3 Å². The first-order chi connectivity index (χ1) is 18.0. The Morgan fingerprint density at radius 1 is 1.05 bits per heavy atom. The molecule has 4 aliphatic rings. The molecule has 194 valence electrons. The van der Waals surface area contributed by atoms with E-state index in [0.717, 1.165) is 30.4 Å². The van der Waals surface area contributed by atoms with Crippen molar-refractivity contribution in [3.05, 3.63) is 65.2 Å². The van der Waals surface area contributed by atoms with Gasteiger partial charge in [0.2, 0.25) is 18.6 Å². The Morgan fingerprint density at radius 3 is 2.65 bits per heavy atom. The van der Waals surface area contributed by atoms with Crippen molar-refractivity contribution < 1.29 is 34.0 Å². The molecule has 2 aliphatic heterocycles. The van der Waals surface area contributed by atoms with E-state index in [2.05, 4.69) is 5.32 Å². The number of aliphatic hydroxyl groups excluding tert-OH is 2. The molecule has 0 aromatic heterocycles. The molecule has 3 N–H and O–H groups in total. The number of carbonyl (C=O) groups is 2. The number of aliphatic hydroxyl groups is 2. The predicted octanol–water partition coefficient (Wildman–Crippen LogP) is 1.87. The van der Waals surface area contributed by atoms with Crippen LogP contribution in [-0.2, 0) is 16.1 Å². The number of hydrogen-bond donors (Lipinski definition) is 3. The van der Waals surface area contributed by atoms with Crippen LogP contribution < -0.4 is 19.5 Å². The minimum Gasteiger partial charge on any atom is -0.486 e. The molecule has 2 amide bonds. The molecule has 2 aromatic rings. The van der Waals surface area contributed by atoms with Crippen LogP contribution in [0.3, 0.4) is 0 Å². The van der Waals surface area contributed by atoms with Gasteiger partial charge >= 0.3 is 0 Å². The molecule has 6 rings (SSSR count). The van der Waals surface area contributed by atoms with E-state index in [4.69, 9.17) is 14.2 Å². The van der Waals surface area contributed by atoms with Crippen molar-refractivity contribution in [3.63, 3.8) is 0 Å². The lowest BCUT2D eigenvalue weighted by Crippen LogP contribution is -2.56. The normalized spacial score (nSPS) is 25.3. The number of ether oxygens (including phenoxy) is 3. The third-order valence-electron chi connectivity index (χ3n) is 7.76. The van der Waals surface area contributed by atoms with E-state index in [9.17, 15) is 19.8 Å². The van der Waals surface area contributed by atoms with Gasteiger partial charge in [-0.1, -0.05) is 30.7 Å². The summed E-state index contributed by atoms with van der Waals surface area (Å²) in [5, 5.41) is 23.6. The molecule has 2 heterocycles. The average molecular weight is 507 g/mol. The summed E-state index contributed by atoms with van der Waals surface area (Å²) in [7, 11) is 0. The lowest BCUT2D eigenvalue weighted by molar-refractivity contribution is -0.144. The van der Waals surface area contributed by atoms with Crippen LogP contribution in [0.4, 0.5) is 0 Å². The number of carbonyl (C=O) groups excluding carboxylic acids is 2. The van der Waals surface area contributed by atoms with E-state index in [-0.39, 0.29) is 44.2 Å². The van der Waals surface area contributed by atoms with Crippen molar-refractivity contribution in [1.29, 1.82) is 0 Å². The van der Waals surface area contributed by atoms with Gasteiger partial charge in [-0.2, -0.15) is 0 Å². The molecule has 4 atom stereocenters. The molecule has 0 spiro atoms. The summed E-state index contributed by atoms with van der Waals surface area (Å²) in [5.41, 5.74) is 2.08. The summed E-state index contributed by atoms with van der Waals surface area (Å²) in [6, 6.07) is 12.2. The fourth-order valence-electron chi connectivity index (χ4n) is 5.65. The van der Waals surface area contributed by atoms with Crippen LogP contribution in [-0.4, -0.2) is 65.1 Å². The van der Waals surface area contributed by atoms with Crippen molar-refractivity contribution >= 4 is 11.8 Å². The standard InChI is InChI=1S/C28H30N2O7/c31-11-10-29-27(33)19-13-20(25(32)26-24(19)18-6-1-2-7-21(18)37-26)30(28(34)17-4-3-5-17)14-16-8-9-22-23(12-16)36-15-35-22/h1-2,6-9,12-13,17,20,24-26,31-32H,3-5,10-11,14-15H2,(H,29,33). The van der Waals surface area contributed by atoms with E-state index in [1.807, 2.05) is 42.5 Å². The first kappa shape index (κ1) is 23.8. The highest BCUT2D eigenvalue weighted by Gasteiger charge is 2.51. The number of para-hydroxylation sites is 1. The molecule has 2 aliphatic carbocycles. The Bertz CT molecular complexity index is 1240. The highest BCUT2D eigenvalue weighted by molar-refractivity contribution is 5.96. The van der Waals surface area contributed by atoms with E-state index in [1.54, 1.807) is 11.0 Å². The zero-order valence-corrected chi connectivity index (χ0v) is 20.3. The highest BCUT2D eigenvalue weighted by Crippen LogP contribution is 2.47. The smallest absolute Gasteiger partial charge is 0.247 e. The van der Waals surface area contributed by atoms with Crippen LogP contribution in [0.15, 0.2) is 54.1 Å². The molecular formula is C28H30N2O7. The zero-order valence-electron chi connectivity index (χ0n) is 20.3. The SMILES string of the molecule is O=C(NCCO)C1=CC(N(Cc2ccc3c(c2)OCO3)C(=O)C2CCC2)C(O)C2Oc3ccccc3C12. The summed E-state index contributed by atoms with van der Waals surface area (Å²) in [4.78, 5) is 28.7. The van der Waals surface area contributed by atoms with Gasteiger partial charge in [0.1, 0.15) is 18.0 Å². The van der Waals surface area contributed by atoms with Gasteiger partial charge in [-0.3, -0.25) is 9.59 Å². The maximum atomic E-state index is 13.7. The van der Waals surface area contributed by atoms with Crippen LogP contribution in [0, 0.1) is 5.92 Å². The van der Waals surface area contributed by atoms with Crippen LogP contribution in [0.5, 0.6) is 17.2 Å². The van der Waals surface area contributed by atoms with Gasteiger partial charge in [0, 0.05) is 30.1 Å². The van der Waals surface area contributed by atoms with Crippen molar-refractivity contribution in [1.82, 2.24) is 10.2 Å². The van der Waals surface area contributed by atoms with Crippen molar-refractivity contribution in [2.75, 3.05) is 19.9 Å². The predicted molar refractivity (Wildman–Crippen MR) is 132 cm³/mol. The maximum Gasteiger partial charge on any atom is 0.247 e. The lowest BCUT2D eigenvalue weighted by Gasteiger charge is -2.42. The quantitative estimate of drug-likeness (QED) is 0.525. The van der Waals surface area contributed by atoms with Gasteiger partial charge in [0.05, 0.1) is 18.6 Å². The summed E-state index contributed by atoms with van der Waals surface area (Å²) in [6.45, 7) is 0.300. The monoisotopic (exact) mass is 506 g/mol. The summed E-state index contributed by atoms with van der Waals surface area (Å²) in [6.07, 6.45) is 2.55. The van der Waals surface area contributed by atoms with E-state index >= 15 is 0 Å². The van der Waals surface area contributed by atoms with Gasteiger partial charge in [0.25, 0.3) is 0 Å². The average Bonchev–Trinajstić information content (AvgIpc) is 3.50. The molecule has 1 fully saturated rings. The van der Waals surface area contributed by atoms with Gasteiger partial charge in [-0.25, -0.2) is 0 Å². The van der Waals surface area contributed by atoms with Crippen molar-refractivity contribution in [2.24, 2.45) is 5.92 Å². The topological polar surface area (TPSA) is 118 Å². The molecule has 37 heavy (non-hydrogen) atoms. The van der Waals surface area contributed by atoms with Crippen LogP contribution >= 0.6 is 0 Å². The van der Waals surface area contributed by atoms with Crippen LogP contribution in [0.2, 0.25) is 0 Å². The Labute approximate surface area is 214 Å². The number of nitrogens with zero attached hydrogens (tertiary/aromatic N) is 1. The second-order valence-electron chi connectivity index (χ2n) is 9.96. The van der Waals surface area contributed by atoms with E-state index < -0.39 is 24.2 Å². The lowest BCUT2D eigenvalue weighted by atomic mass is 9.76. The third kappa shape index (κ3) is 4.22. The Hall–Kier alpha value is -3.56. The fourth-order valence-corrected chi connectivity index (χ4v) is 5.65. The number of fused-ring (bicyclic) bond motifs is 4. The highest BCUT2D eigenvalue weighted by atomic mass is 16.7. The Morgan fingerprint density at radius 2 is 1.86 bits per heavy atom. The third-order valence-corrected chi connectivity index (χ3v) is 7.76. The minimum absolute atomic E-state index is 0.0479. The molecule has 0 saturated heterocycles.